The molecule has 14 heavy (non-hydrogen) atoms. The van der Waals surface area contributed by atoms with Gasteiger partial charge in [0.2, 0.25) is 0 Å². The monoisotopic (exact) mass is 236 g/mol. The van der Waals surface area contributed by atoms with Crippen molar-refractivity contribution >= 4 is 22.7 Å². The van der Waals surface area contributed by atoms with Crippen LogP contribution in [-0.2, 0) is 14.3 Å². The van der Waals surface area contributed by atoms with Crippen molar-refractivity contribution in [1.82, 2.24) is 0 Å². The molecule has 0 aliphatic heterocycles. The molecule has 4 unspecified atom stereocenters. The summed E-state index contributed by atoms with van der Waals surface area (Å²) >= 11 is 4.45. The summed E-state index contributed by atoms with van der Waals surface area (Å²) in [6, 6.07) is 0. The van der Waals surface area contributed by atoms with Crippen LogP contribution < -0.4 is 0 Å². The first-order valence-electron chi connectivity index (χ1n) is 5.12. The molecule has 2 rings (SSSR count). The topological polar surface area (TPSA) is 43.4 Å². The highest BCUT2D eigenvalue weighted by atomic mass is 32.2. The highest BCUT2D eigenvalue weighted by molar-refractivity contribution is 7.86. The maximum absolute atomic E-state index is 11.3. The molecule has 0 aromatic heterocycles. The lowest BCUT2D eigenvalue weighted by Crippen LogP contribution is -2.33. The predicted molar refractivity (Wildman–Crippen MR) is 57.9 cm³/mol. The molecule has 0 heterocycles. The zero-order chi connectivity index (χ0) is 10.3. The molecule has 0 N–H and O–H groups in total. The predicted octanol–water partition coefficient (Wildman–Crippen LogP) is 1.45. The van der Waals surface area contributed by atoms with Crippen molar-refractivity contribution < 1.29 is 12.6 Å². The molecule has 2 bridgehead atoms. The minimum Gasteiger partial charge on any atom is -0.265 e. The fraction of sp³-hybridized carbons (Fsp3) is 1.00. The van der Waals surface area contributed by atoms with E-state index < -0.39 is 10.1 Å². The summed E-state index contributed by atoms with van der Waals surface area (Å²) in [6.45, 7) is 1.61. The molecule has 2 aliphatic carbocycles. The first-order chi connectivity index (χ1) is 6.53. The summed E-state index contributed by atoms with van der Waals surface area (Å²) in [5.74, 6) is 1.05. The molecule has 2 aliphatic rings. The Bertz CT molecular complexity index is 310. The molecule has 0 amide bonds. The minimum absolute atomic E-state index is 0.0569. The first kappa shape index (κ1) is 10.8. The van der Waals surface area contributed by atoms with Gasteiger partial charge in [-0.1, -0.05) is 0 Å². The van der Waals surface area contributed by atoms with Gasteiger partial charge in [-0.25, -0.2) is 0 Å². The third kappa shape index (κ3) is 1.82. The summed E-state index contributed by atoms with van der Waals surface area (Å²) in [7, 11) is -3.31. The summed E-state index contributed by atoms with van der Waals surface area (Å²) in [6.07, 6.45) is 3.22. The number of thiol groups is 1. The van der Waals surface area contributed by atoms with Crippen LogP contribution in [0.4, 0.5) is 0 Å². The highest BCUT2D eigenvalue weighted by Gasteiger charge is 2.48. The zero-order valence-corrected chi connectivity index (χ0v) is 9.93. The molecule has 2 fully saturated rings. The number of hydrogen-bond acceptors (Lipinski definition) is 4. The second kappa shape index (κ2) is 3.68. The van der Waals surface area contributed by atoms with Crippen molar-refractivity contribution in [3.63, 3.8) is 0 Å². The van der Waals surface area contributed by atoms with E-state index in [1.807, 2.05) is 0 Å². The molecule has 3 nitrogen and oxygen atoms in total. The normalized spacial score (nSPS) is 41.9. The number of fused-ring (bicyclic) bond motifs is 2. The van der Waals surface area contributed by atoms with E-state index in [0.29, 0.717) is 11.8 Å². The van der Waals surface area contributed by atoms with E-state index in [1.54, 1.807) is 6.92 Å². The van der Waals surface area contributed by atoms with Gasteiger partial charge in [0.1, 0.15) is 0 Å². The zero-order valence-electron chi connectivity index (χ0n) is 8.22. The van der Waals surface area contributed by atoms with Gasteiger partial charge in [-0.3, -0.25) is 4.18 Å². The van der Waals surface area contributed by atoms with Crippen molar-refractivity contribution in [2.24, 2.45) is 11.8 Å². The molecule has 0 radical (unpaired) electrons. The van der Waals surface area contributed by atoms with Crippen LogP contribution in [0, 0.1) is 11.8 Å². The van der Waals surface area contributed by atoms with Crippen molar-refractivity contribution in [2.75, 3.05) is 5.75 Å². The highest BCUT2D eigenvalue weighted by Crippen LogP contribution is 2.48. The Balaban J connectivity index is 2.06. The largest absolute Gasteiger partial charge is 0.267 e. The van der Waals surface area contributed by atoms with Gasteiger partial charge in [-0.05, 0) is 38.0 Å². The fourth-order valence-electron chi connectivity index (χ4n) is 2.58. The summed E-state index contributed by atoms with van der Waals surface area (Å²) in [5.41, 5.74) is 0. The standard InChI is InChI=1S/C9H16O3S2/c1-2-14(10,11)12-8-6-3-4-7(5-6)9(8)13/h6-9,13H,2-5H2,1H3. The van der Waals surface area contributed by atoms with Crippen LogP contribution in [0.3, 0.4) is 0 Å². The summed E-state index contributed by atoms with van der Waals surface area (Å²) in [5, 5.41) is 0.120. The van der Waals surface area contributed by atoms with Crippen molar-refractivity contribution in [1.29, 1.82) is 0 Å². The van der Waals surface area contributed by atoms with Crippen LogP contribution in [0.1, 0.15) is 26.2 Å². The SMILES string of the molecule is CCS(=O)(=O)OC1C2CCC(C2)C1S. The van der Waals surface area contributed by atoms with Gasteiger partial charge in [0.05, 0.1) is 11.9 Å². The smallest absolute Gasteiger partial charge is 0.265 e. The maximum Gasteiger partial charge on any atom is 0.267 e. The average molecular weight is 236 g/mol. The molecule has 4 atom stereocenters. The van der Waals surface area contributed by atoms with E-state index in [2.05, 4.69) is 12.6 Å². The molecule has 5 heteroatoms. The Morgan fingerprint density at radius 3 is 2.50 bits per heavy atom. The van der Waals surface area contributed by atoms with E-state index in [-0.39, 0.29) is 17.1 Å². The molecule has 0 aromatic rings. The van der Waals surface area contributed by atoms with E-state index in [4.69, 9.17) is 4.18 Å². The van der Waals surface area contributed by atoms with Gasteiger partial charge in [0.25, 0.3) is 10.1 Å². The van der Waals surface area contributed by atoms with E-state index in [9.17, 15) is 8.42 Å². The van der Waals surface area contributed by atoms with Crippen molar-refractivity contribution in [3.8, 4) is 0 Å². The van der Waals surface area contributed by atoms with Gasteiger partial charge in [0.15, 0.2) is 0 Å². The lowest BCUT2D eigenvalue weighted by Gasteiger charge is -2.26. The second-order valence-corrected chi connectivity index (χ2v) is 6.71. The van der Waals surface area contributed by atoms with Crippen molar-refractivity contribution in [2.45, 2.75) is 37.5 Å². The Labute approximate surface area is 90.8 Å². The quantitative estimate of drug-likeness (QED) is 0.596. The van der Waals surface area contributed by atoms with Gasteiger partial charge in [-0.15, -0.1) is 0 Å². The minimum atomic E-state index is -3.31. The molecule has 82 valence electrons. The molecular weight excluding hydrogens is 220 g/mol. The maximum atomic E-state index is 11.3. The lowest BCUT2D eigenvalue weighted by atomic mass is 9.97. The second-order valence-electron chi connectivity index (χ2n) is 4.23. The van der Waals surface area contributed by atoms with Crippen LogP contribution in [0.15, 0.2) is 0 Å². The molecule has 2 saturated carbocycles. The van der Waals surface area contributed by atoms with Gasteiger partial charge in [0, 0.05) is 5.25 Å². The average Bonchev–Trinajstić information content (AvgIpc) is 2.70. The van der Waals surface area contributed by atoms with Crippen LogP contribution in [0.2, 0.25) is 0 Å². The van der Waals surface area contributed by atoms with Crippen LogP contribution in [0.5, 0.6) is 0 Å². The first-order valence-corrected chi connectivity index (χ1v) is 7.22. The molecule has 0 saturated heterocycles. The molecule has 0 spiro atoms. The molecular formula is C9H16O3S2. The number of rotatable bonds is 3. The molecule has 0 aromatic carbocycles. The van der Waals surface area contributed by atoms with Crippen LogP contribution in [-0.4, -0.2) is 25.5 Å². The third-order valence-corrected chi connectivity index (χ3v) is 5.35. The lowest BCUT2D eigenvalue weighted by molar-refractivity contribution is 0.152. The van der Waals surface area contributed by atoms with E-state index in [0.717, 1.165) is 12.8 Å². The van der Waals surface area contributed by atoms with Crippen LogP contribution in [0.25, 0.3) is 0 Å². The Hall–Kier alpha value is 0.260. The van der Waals surface area contributed by atoms with Gasteiger partial charge in [-0.2, -0.15) is 21.0 Å². The summed E-state index contributed by atoms with van der Waals surface area (Å²) < 4.78 is 27.8. The third-order valence-electron chi connectivity index (χ3n) is 3.41. The Morgan fingerprint density at radius 2 is 2.00 bits per heavy atom. The van der Waals surface area contributed by atoms with Gasteiger partial charge >= 0.3 is 0 Å². The summed E-state index contributed by atoms with van der Waals surface area (Å²) in [4.78, 5) is 0. The Morgan fingerprint density at radius 1 is 1.36 bits per heavy atom. The van der Waals surface area contributed by atoms with Gasteiger partial charge < -0.3 is 0 Å². The van der Waals surface area contributed by atoms with Crippen LogP contribution >= 0.6 is 12.6 Å². The Kier molecular flexibility index (Phi) is 2.83. The van der Waals surface area contributed by atoms with E-state index >= 15 is 0 Å². The van der Waals surface area contributed by atoms with E-state index in [1.165, 1.54) is 6.42 Å². The number of hydrogen-bond donors (Lipinski definition) is 1. The fourth-order valence-corrected chi connectivity index (χ4v) is 3.99. The van der Waals surface area contributed by atoms with Crippen molar-refractivity contribution in [3.05, 3.63) is 0 Å².